The number of likely N-dealkylation sites (tertiary alicyclic amines) is 1. The number of piperidine rings is 1. The Kier molecular flexibility index (Phi) is 4.88. The van der Waals surface area contributed by atoms with E-state index in [1.807, 2.05) is 31.3 Å². The zero-order chi connectivity index (χ0) is 17.1. The van der Waals surface area contributed by atoms with Crippen molar-refractivity contribution < 1.29 is 13.9 Å². The summed E-state index contributed by atoms with van der Waals surface area (Å²) in [6.07, 6.45) is 6.98. The summed E-state index contributed by atoms with van der Waals surface area (Å²) in [6.45, 7) is 6.31. The Labute approximate surface area is 148 Å². The quantitative estimate of drug-likeness (QED) is 0.834. The molecule has 134 valence electrons. The van der Waals surface area contributed by atoms with Gasteiger partial charge in [-0.05, 0) is 43.5 Å². The first kappa shape index (κ1) is 16.8. The highest BCUT2D eigenvalue weighted by molar-refractivity contribution is 5.07. The van der Waals surface area contributed by atoms with Crippen LogP contribution >= 0.6 is 0 Å². The van der Waals surface area contributed by atoms with Crippen LogP contribution in [-0.4, -0.2) is 41.3 Å². The van der Waals surface area contributed by atoms with Crippen molar-refractivity contribution in [2.24, 2.45) is 0 Å². The number of rotatable bonds is 5. The molecule has 0 N–H and O–H groups in total. The Morgan fingerprint density at radius 2 is 2.16 bits per heavy atom. The van der Waals surface area contributed by atoms with E-state index in [0.29, 0.717) is 13.2 Å². The van der Waals surface area contributed by atoms with Gasteiger partial charge in [0, 0.05) is 31.9 Å². The molecular weight excluding hydrogens is 316 g/mol. The fourth-order valence-electron chi connectivity index (χ4n) is 3.86. The normalized spacial score (nSPS) is 23.3. The van der Waals surface area contributed by atoms with Crippen molar-refractivity contribution in [3.05, 3.63) is 53.7 Å². The SMILES string of the molecule is Cc1ccc(CN2CCC3(CC2)C[C@H](OCc2cccnc2)CO3)o1. The highest BCUT2D eigenvalue weighted by Gasteiger charge is 2.43. The van der Waals surface area contributed by atoms with Gasteiger partial charge in [-0.2, -0.15) is 0 Å². The van der Waals surface area contributed by atoms with Gasteiger partial charge in [0.2, 0.25) is 0 Å². The Morgan fingerprint density at radius 3 is 2.88 bits per heavy atom. The number of hydrogen-bond donors (Lipinski definition) is 0. The highest BCUT2D eigenvalue weighted by atomic mass is 16.6. The monoisotopic (exact) mass is 342 g/mol. The Bertz CT molecular complexity index is 677. The fourth-order valence-corrected chi connectivity index (χ4v) is 3.86. The highest BCUT2D eigenvalue weighted by Crippen LogP contribution is 2.37. The van der Waals surface area contributed by atoms with Crippen LogP contribution in [0.1, 0.15) is 36.3 Å². The zero-order valence-corrected chi connectivity index (χ0v) is 14.8. The second kappa shape index (κ2) is 7.28. The van der Waals surface area contributed by atoms with E-state index in [9.17, 15) is 0 Å². The number of ether oxygens (including phenoxy) is 2. The summed E-state index contributed by atoms with van der Waals surface area (Å²) in [6, 6.07) is 8.11. The lowest BCUT2D eigenvalue weighted by Crippen LogP contribution is -2.43. The van der Waals surface area contributed by atoms with Crippen LogP contribution in [-0.2, 0) is 22.6 Å². The number of furan rings is 1. The van der Waals surface area contributed by atoms with Gasteiger partial charge < -0.3 is 13.9 Å². The summed E-state index contributed by atoms with van der Waals surface area (Å²) in [4.78, 5) is 6.59. The molecule has 2 aliphatic heterocycles. The summed E-state index contributed by atoms with van der Waals surface area (Å²) in [7, 11) is 0. The minimum Gasteiger partial charge on any atom is -0.465 e. The fraction of sp³-hybridized carbons (Fsp3) is 0.550. The third-order valence-corrected chi connectivity index (χ3v) is 5.33. The van der Waals surface area contributed by atoms with E-state index in [0.717, 1.165) is 56.0 Å². The Hall–Kier alpha value is -1.69. The van der Waals surface area contributed by atoms with Gasteiger partial charge in [-0.15, -0.1) is 0 Å². The molecule has 0 saturated carbocycles. The van der Waals surface area contributed by atoms with E-state index in [2.05, 4.69) is 16.0 Å². The number of hydrogen-bond acceptors (Lipinski definition) is 5. The molecule has 2 aromatic rings. The number of nitrogens with zero attached hydrogens (tertiary/aromatic N) is 2. The van der Waals surface area contributed by atoms with Crippen molar-refractivity contribution in [2.75, 3.05) is 19.7 Å². The summed E-state index contributed by atoms with van der Waals surface area (Å²) in [5.74, 6) is 2.04. The molecule has 4 heterocycles. The minimum absolute atomic E-state index is 0.00911. The molecule has 5 heteroatoms. The van der Waals surface area contributed by atoms with Crippen molar-refractivity contribution >= 4 is 0 Å². The van der Waals surface area contributed by atoms with Crippen molar-refractivity contribution in [2.45, 2.75) is 51.0 Å². The molecule has 2 saturated heterocycles. The van der Waals surface area contributed by atoms with Crippen molar-refractivity contribution in [1.29, 1.82) is 0 Å². The molecule has 0 unspecified atom stereocenters. The van der Waals surface area contributed by atoms with E-state index in [4.69, 9.17) is 13.9 Å². The van der Waals surface area contributed by atoms with Gasteiger partial charge in [0.1, 0.15) is 11.5 Å². The minimum atomic E-state index is 0.00911. The molecule has 0 aliphatic carbocycles. The van der Waals surface area contributed by atoms with Crippen LogP contribution in [0.4, 0.5) is 0 Å². The number of pyridine rings is 1. The van der Waals surface area contributed by atoms with Crippen molar-refractivity contribution in [1.82, 2.24) is 9.88 Å². The maximum Gasteiger partial charge on any atom is 0.118 e. The van der Waals surface area contributed by atoms with Gasteiger partial charge in [0.15, 0.2) is 0 Å². The molecule has 1 atom stereocenters. The van der Waals surface area contributed by atoms with Crippen LogP contribution in [0.5, 0.6) is 0 Å². The van der Waals surface area contributed by atoms with Crippen LogP contribution in [0, 0.1) is 6.92 Å². The molecule has 2 aromatic heterocycles. The van der Waals surface area contributed by atoms with Crippen LogP contribution in [0.15, 0.2) is 41.1 Å². The standard InChI is InChI=1S/C20H26N2O3/c1-16-4-5-18(25-16)13-22-9-6-20(7-10-22)11-19(15-24-20)23-14-17-3-2-8-21-12-17/h2-5,8,12,19H,6-7,9-11,13-15H2,1H3/t19-/m0/s1. The van der Waals surface area contributed by atoms with E-state index in [1.54, 1.807) is 6.20 Å². The van der Waals surface area contributed by atoms with E-state index in [-0.39, 0.29) is 11.7 Å². The largest absolute Gasteiger partial charge is 0.465 e. The smallest absolute Gasteiger partial charge is 0.118 e. The lowest BCUT2D eigenvalue weighted by Gasteiger charge is -2.38. The molecule has 4 rings (SSSR count). The molecule has 0 aromatic carbocycles. The average molecular weight is 342 g/mol. The second-order valence-electron chi connectivity index (χ2n) is 7.28. The maximum atomic E-state index is 6.19. The van der Waals surface area contributed by atoms with Gasteiger partial charge in [0.05, 0.1) is 31.5 Å². The first-order chi connectivity index (χ1) is 12.2. The first-order valence-electron chi connectivity index (χ1n) is 9.13. The van der Waals surface area contributed by atoms with Crippen LogP contribution in [0.3, 0.4) is 0 Å². The molecular formula is C20H26N2O3. The number of aryl methyl sites for hydroxylation is 1. The average Bonchev–Trinajstić information content (AvgIpc) is 3.23. The third kappa shape index (κ3) is 4.11. The third-order valence-electron chi connectivity index (χ3n) is 5.33. The van der Waals surface area contributed by atoms with Gasteiger partial charge in [-0.25, -0.2) is 0 Å². The molecule has 0 bridgehead atoms. The second-order valence-corrected chi connectivity index (χ2v) is 7.28. The van der Waals surface area contributed by atoms with Gasteiger partial charge in [0.25, 0.3) is 0 Å². The molecule has 0 amide bonds. The van der Waals surface area contributed by atoms with Crippen molar-refractivity contribution in [3.63, 3.8) is 0 Å². The molecule has 5 nitrogen and oxygen atoms in total. The topological polar surface area (TPSA) is 47.7 Å². The van der Waals surface area contributed by atoms with Crippen molar-refractivity contribution in [3.8, 4) is 0 Å². The predicted molar refractivity (Wildman–Crippen MR) is 94.1 cm³/mol. The van der Waals surface area contributed by atoms with E-state index >= 15 is 0 Å². The lowest BCUT2D eigenvalue weighted by molar-refractivity contribution is -0.0476. The summed E-state index contributed by atoms with van der Waals surface area (Å²) >= 11 is 0. The van der Waals surface area contributed by atoms with Crippen LogP contribution in [0.2, 0.25) is 0 Å². The van der Waals surface area contributed by atoms with Gasteiger partial charge in [-0.3, -0.25) is 9.88 Å². The zero-order valence-electron chi connectivity index (χ0n) is 14.8. The van der Waals surface area contributed by atoms with Crippen LogP contribution in [0.25, 0.3) is 0 Å². The Morgan fingerprint density at radius 1 is 1.28 bits per heavy atom. The van der Waals surface area contributed by atoms with E-state index in [1.165, 1.54) is 0 Å². The summed E-state index contributed by atoms with van der Waals surface area (Å²) in [5.41, 5.74) is 1.13. The molecule has 25 heavy (non-hydrogen) atoms. The van der Waals surface area contributed by atoms with Gasteiger partial charge >= 0.3 is 0 Å². The predicted octanol–water partition coefficient (Wildman–Crippen LogP) is 3.32. The van der Waals surface area contributed by atoms with Crippen LogP contribution < -0.4 is 0 Å². The Balaban J connectivity index is 1.24. The maximum absolute atomic E-state index is 6.19. The van der Waals surface area contributed by atoms with Gasteiger partial charge in [-0.1, -0.05) is 6.07 Å². The molecule has 2 aliphatic rings. The first-order valence-corrected chi connectivity index (χ1v) is 9.13. The van der Waals surface area contributed by atoms with E-state index < -0.39 is 0 Å². The molecule has 0 radical (unpaired) electrons. The lowest BCUT2D eigenvalue weighted by atomic mass is 9.88. The summed E-state index contributed by atoms with van der Waals surface area (Å²) in [5, 5.41) is 0. The summed E-state index contributed by atoms with van der Waals surface area (Å²) < 4.78 is 17.9. The molecule has 2 fully saturated rings. The molecule has 1 spiro atoms. The number of aromatic nitrogens is 1.